The fourth-order valence-electron chi connectivity index (χ4n) is 2.16. The van der Waals surface area contributed by atoms with Crippen molar-refractivity contribution in [2.24, 2.45) is 0 Å². The van der Waals surface area contributed by atoms with Crippen LogP contribution >= 0.6 is 0 Å². The number of amides is 2. The van der Waals surface area contributed by atoms with Gasteiger partial charge in [-0.25, -0.2) is 4.39 Å². The van der Waals surface area contributed by atoms with E-state index in [9.17, 15) is 14.0 Å². The number of nitrogens with one attached hydrogen (secondary N) is 1. The van der Waals surface area contributed by atoms with Gasteiger partial charge in [-0.1, -0.05) is 12.1 Å². The Kier molecular flexibility index (Phi) is 4.14. The Morgan fingerprint density at radius 3 is 2.37 bits per heavy atom. The van der Waals surface area contributed by atoms with E-state index in [4.69, 9.17) is 0 Å². The zero-order chi connectivity index (χ0) is 13.8. The topological polar surface area (TPSA) is 49.4 Å². The first-order valence-electron chi connectivity index (χ1n) is 6.43. The molecule has 102 valence electrons. The molecular formula is C14H17FN2O2. The van der Waals surface area contributed by atoms with E-state index in [0.717, 1.165) is 18.4 Å². The van der Waals surface area contributed by atoms with E-state index in [2.05, 4.69) is 5.32 Å². The average molecular weight is 264 g/mol. The van der Waals surface area contributed by atoms with Gasteiger partial charge in [-0.2, -0.15) is 0 Å². The van der Waals surface area contributed by atoms with Crippen LogP contribution in [0.2, 0.25) is 0 Å². The van der Waals surface area contributed by atoms with Gasteiger partial charge < -0.3 is 10.2 Å². The quantitative estimate of drug-likeness (QED) is 0.825. The predicted octanol–water partition coefficient (Wildman–Crippen LogP) is 1.63. The van der Waals surface area contributed by atoms with Crippen LogP contribution in [-0.2, 0) is 9.59 Å². The van der Waals surface area contributed by atoms with Gasteiger partial charge in [-0.15, -0.1) is 0 Å². The highest BCUT2D eigenvalue weighted by molar-refractivity contribution is 6.35. The standard InChI is InChI=1S/C14H17FN2O2/c1-10(11-4-6-12(15)7-5-11)16-13(18)14(19)17-8-2-3-9-17/h4-7,10H,2-3,8-9H2,1H3,(H,16,18)/t10-/m0/s1. The smallest absolute Gasteiger partial charge is 0.311 e. The van der Waals surface area contributed by atoms with E-state index in [0.29, 0.717) is 13.1 Å². The van der Waals surface area contributed by atoms with Crippen molar-refractivity contribution in [3.63, 3.8) is 0 Å². The molecule has 1 aromatic carbocycles. The molecule has 1 atom stereocenters. The summed E-state index contributed by atoms with van der Waals surface area (Å²) >= 11 is 0. The van der Waals surface area contributed by atoms with Crippen LogP contribution in [0, 0.1) is 5.82 Å². The average Bonchev–Trinajstić information content (AvgIpc) is 2.92. The van der Waals surface area contributed by atoms with Crippen molar-refractivity contribution in [1.29, 1.82) is 0 Å². The van der Waals surface area contributed by atoms with Crippen molar-refractivity contribution in [2.45, 2.75) is 25.8 Å². The minimum absolute atomic E-state index is 0.320. The second kappa shape index (κ2) is 5.82. The number of hydrogen-bond donors (Lipinski definition) is 1. The van der Waals surface area contributed by atoms with Crippen LogP contribution in [0.3, 0.4) is 0 Å². The fraction of sp³-hybridized carbons (Fsp3) is 0.429. The van der Waals surface area contributed by atoms with Crippen molar-refractivity contribution in [2.75, 3.05) is 13.1 Å². The van der Waals surface area contributed by atoms with Crippen molar-refractivity contribution < 1.29 is 14.0 Å². The molecule has 0 saturated carbocycles. The molecule has 0 aliphatic carbocycles. The molecule has 0 aromatic heterocycles. The number of hydrogen-bond acceptors (Lipinski definition) is 2. The number of rotatable bonds is 2. The molecule has 0 unspecified atom stereocenters. The summed E-state index contributed by atoms with van der Waals surface area (Å²) in [7, 11) is 0. The highest BCUT2D eigenvalue weighted by atomic mass is 19.1. The SMILES string of the molecule is C[C@H](NC(=O)C(=O)N1CCCC1)c1ccc(F)cc1. The Morgan fingerprint density at radius 2 is 1.79 bits per heavy atom. The van der Waals surface area contributed by atoms with E-state index in [1.165, 1.54) is 12.1 Å². The minimum atomic E-state index is -0.598. The fourth-order valence-corrected chi connectivity index (χ4v) is 2.16. The van der Waals surface area contributed by atoms with Crippen molar-refractivity contribution in [3.05, 3.63) is 35.6 Å². The van der Waals surface area contributed by atoms with Crippen LogP contribution in [-0.4, -0.2) is 29.8 Å². The van der Waals surface area contributed by atoms with E-state index < -0.39 is 11.8 Å². The van der Waals surface area contributed by atoms with E-state index in [1.807, 2.05) is 0 Å². The zero-order valence-corrected chi connectivity index (χ0v) is 10.9. The van der Waals surface area contributed by atoms with Crippen LogP contribution < -0.4 is 5.32 Å². The lowest BCUT2D eigenvalue weighted by Crippen LogP contribution is -2.42. The summed E-state index contributed by atoms with van der Waals surface area (Å²) in [6, 6.07) is 5.54. The van der Waals surface area contributed by atoms with E-state index in [1.54, 1.807) is 24.0 Å². The maximum atomic E-state index is 12.8. The third-order valence-corrected chi connectivity index (χ3v) is 3.31. The lowest BCUT2D eigenvalue weighted by Gasteiger charge is -2.18. The first kappa shape index (κ1) is 13.5. The number of nitrogens with zero attached hydrogens (tertiary/aromatic N) is 1. The largest absolute Gasteiger partial charge is 0.341 e. The maximum absolute atomic E-state index is 12.8. The number of likely N-dealkylation sites (tertiary alicyclic amines) is 1. The third kappa shape index (κ3) is 3.30. The Bertz CT molecular complexity index is 467. The molecule has 0 bridgehead atoms. The zero-order valence-electron chi connectivity index (χ0n) is 10.9. The first-order valence-corrected chi connectivity index (χ1v) is 6.43. The van der Waals surface area contributed by atoms with E-state index in [-0.39, 0.29) is 11.9 Å². The van der Waals surface area contributed by atoms with Gasteiger partial charge in [-0.05, 0) is 37.5 Å². The van der Waals surface area contributed by atoms with Crippen molar-refractivity contribution in [1.82, 2.24) is 10.2 Å². The van der Waals surface area contributed by atoms with Gasteiger partial charge >= 0.3 is 11.8 Å². The molecule has 2 rings (SSSR count). The van der Waals surface area contributed by atoms with Gasteiger partial charge in [0.05, 0.1) is 6.04 Å². The second-order valence-electron chi connectivity index (χ2n) is 4.75. The molecule has 2 amide bonds. The predicted molar refractivity (Wildman–Crippen MR) is 68.8 cm³/mol. The van der Waals surface area contributed by atoms with Crippen LogP contribution in [0.5, 0.6) is 0 Å². The monoisotopic (exact) mass is 264 g/mol. The first-order chi connectivity index (χ1) is 9.08. The Balaban J connectivity index is 1.94. The molecule has 1 fully saturated rings. The molecule has 0 spiro atoms. The molecule has 1 aromatic rings. The van der Waals surface area contributed by atoms with Crippen LogP contribution in [0.15, 0.2) is 24.3 Å². The number of halogens is 1. The van der Waals surface area contributed by atoms with Gasteiger partial charge in [0, 0.05) is 13.1 Å². The second-order valence-corrected chi connectivity index (χ2v) is 4.75. The molecule has 1 saturated heterocycles. The van der Waals surface area contributed by atoms with Crippen molar-refractivity contribution in [3.8, 4) is 0 Å². The Morgan fingerprint density at radius 1 is 1.21 bits per heavy atom. The highest BCUT2D eigenvalue weighted by Gasteiger charge is 2.25. The van der Waals surface area contributed by atoms with Crippen LogP contribution in [0.4, 0.5) is 4.39 Å². The van der Waals surface area contributed by atoms with Gasteiger partial charge in [0.15, 0.2) is 0 Å². The summed E-state index contributed by atoms with van der Waals surface area (Å²) in [4.78, 5) is 25.2. The van der Waals surface area contributed by atoms with Gasteiger partial charge in [0.2, 0.25) is 0 Å². The summed E-state index contributed by atoms with van der Waals surface area (Å²) < 4.78 is 12.8. The summed E-state index contributed by atoms with van der Waals surface area (Å²) in [5.41, 5.74) is 0.768. The summed E-state index contributed by atoms with van der Waals surface area (Å²) in [6.45, 7) is 3.07. The molecule has 19 heavy (non-hydrogen) atoms. The summed E-state index contributed by atoms with van der Waals surface area (Å²) in [6.07, 6.45) is 1.90. The lowest BCUT2D eigenvalue weighted by atomic mass is 10.1. The number of benzene rings is 1. The maximum Gasteiger partial charge on any atom is 0.311 e. The van der Waals surface area contributed by atoms with Crippen LogP contribution in [0.25, 0.3) is 0 Å². The van der Waals surface area contributed by atoms with Gasteiger partial charge in [-0.3, -0.25) is 9.59 Å². The minimum Gasteiger partial charge on any atom is -0.341 e. The summed E-state index contributed by atoms with van der Waals surface area (Å²) in [5.74, 6) is -1.40. The normalized spacial score (nSPS) is 16.2. The van der Waals surface area contributed by atoms with Crippen LogP contribution in [0.1, 0.15) is 31.4 Å². The van der Waals surface area contributed by atoms with Gasteiger partial charge in [0.1, 0.15) is 5.82 Å². The molecular weight excluding hydrogens is 247 g/mol. The number of carbonyl (C=O) groups excluding carboxylic acids is 2. The third-order valence-electron chi connectivity index (χ3n) is 3.31. The van der Waals surface area contributed by atoms with E-state index >= 15 is 0 Å². The van der Waals surface area contributed by atoms with Crippen molar-refractivity contribution >= 4 is 11.8 Å². The molecule has 5 heteroatoms. The Labute approximate surface area is 111 Å². The molecule has 1 aliphatic heterocycles. The molecule has 1 heterocycles. The highest BCUT2D eigenvalue weighted by Crippen LogP contribution is 2.13. The molecule has 0 radical (unpaired) electrons. The van der Waals surface area contributed by atoms with Gasteiger partial charge in [0.25, 0.3) is 0 Å². The molecule has 1 N–H and O–H groups in total. The lowest BCUT2D eigenvalue weighted by molar-refractivity contribution is -0.145. The summed E-state index contributed by atoms with van der Waals surface area (Å²) in [5, 5.41) is 2.64. The number of carbonyl (C=O) groups is 2. The Hall–Kier alpha value is -1.91. The molecule has 4 nitrogen and oxygen atoms in total. The molecule has 1 aliphatic rings.